The van der Waals surface area contributed by atoms with Gasteiger partial charge < -0.3 is 5.32 Å². The Labute approximate surface area is 197 Å². The minimum atomic E-state index is -3.59. The van der Waals surface area contributed by atoms with E-state index in [1.54, 1.807) is 36.1 Å². The molecule has 0 saturated carbocycles. The Morgan fingerprint density at radius 1 is 1.06 bits per heavy atom. The number of carbonyl (C=O) groups excluding carboxylic acids is 1. The zero-order valence-electron chi connectivity index (χ0n) is 18.3. The number of aryl methyl sites for hydroxylation is 1. The zero-order chi connectivity index (χ0) is 23.1. The summed E-state index contributed by atoms with van der Waals surface area (Å²) in [6, 6.07) is 11.4. The van der Waals surface area contributed by atoms with Gasteiger partial charge in [0.05, 0.1) is 10.6 Å². The molecule has 0 radical (unpaired) electrons. The van der Waals surface area contributed by atoms with E-state index < -0.39 is 10.0 Å². The van der Waals surface area contributed by atoms with Crippen LogP contribution in [0.4, 0.5) is 0 Å². The number of thioether (sulfide) groups is 2. The van der Waals surface area contributed by atoms with Gasteiger partial charge in [-0.3, -0.25) is 9.20 Å². The number of nitrogens with zero attached hydrogens (tertiary/aromatic N) is 4. The van der Waals surface area contributed by atoms with Crippen molar-refractivity contribution < 1.29 is 13.2 Å². The van der Waals surface area contributed by atoms with Gasteiger partial charge in [0.2, 0.25) is 15.9 Å². The number of hydrogen-bond acceptors (Lipinski definition) is 7. The smallest absolute Gasteiger partial charge is 0.244 e. The first-order valence-corrected chi connectivity index (χ1v) is 13.7. The van der Waals surface area contributed by atoms with Crippen LogP contribution in [0.15, 0.2) is 57.5 Å². The van der Waals surface area contributed by atoms with E-state index in [0.29, 0.717) is 30.4 Å². The van der Waals surface area contributed by atoms with E-state index in [9.17, 15) is 13.2 Å². The van der Waals surface area contributed by atoms with Crippen LogP contribution in [-0.4, -0.2) is 64.4 Å². The van der Waals surface area contributed by atoms with Crippen molar-refractivity contribution in [3.63, 3.8) is 0 Å². The number of fused-ring (bicyclic) bond motifs is 1. The van der Waals surface area contributed by atoms with Gasteiger partial charge in [-0.25, -0.2) is 8.42 Å². The molecule has 8 nitrogen and oxygen atoms in total. The highest BCUT2D eigenvalue weighted by Gasteiger charge is 2.23. The molecule has 32 heavy (non-hydrogen) atoms. The van der Waals surface area contributed by atoms with Crippen molar-refractivity contribution in [3.8, 4) is 0 Å². The number of hydrogen-bond donors (Lipinski definition) is 1. The Kier molecular flexibility index (Phi) is 8.57. The van der Waals surface area contributed by atoms with Gasteiger partial charge in [0.1, 0.15) is 0 Å². The van der Waals surface area contributed by atoms with Crippen LogP contribution in [0.25, 0.3) is 5.65 Å². The SMILES string of the molecule is CCN(CC)S(=O)(=O)c1ccc2nnc(SCC(=O)NCCSc3ccc(C)cc3)n2c1. The van der Waals surface area contributed by atoms with Crippen LogP contribution < -0.4 is 5.32 Å². The number of rotatable bonds is 11. The first-order valence-electron chi connectivity index (χ1n) is 10.3. The van der Waals surface area contributed by atoms with Crippen molar-refractivity contribution in [2.75, 3.05) is 31.1 Å². The van der Waals surface area contributed by atoms with E-state index in [1.807, 2.05) is 0 Å². The maximum Gasteiger partial charge on any atom is 0.244 e. The molecule has 0 unspecified atom stereocenters. The second kappa shape index (κ2) is 11.2. The maximum atomic E-state index is 12.8. The van der Waals surface area contributed by atoms with Gasteiger partial charge in [-0.2, -0.15) is 4.31 Å². The molecule has 172 valence electrons. The Morgan fingerprint density at radius 2 is 1.78 bits per heavy atom. The first-order chi connectivity index (χ1) is 15.3. The van der Waals surface area contributed by atoms with Crippen LogP contribution in [0.3, 0.4) is 0 Å². The highest BCUT2D eigenvalue weighted by Crippen LogP contribution is 2.21. The van der Waals surface area contributed by atoms with Crippen LogP contribution in [0, 0.1) is 6.92 Å². The van der Waals surface area contributed by atoms with E-state index >= 15 is 0 Å². The largest absolute Gasteiger partial charge is 0.355 e. The maximum absolute atomic E-state index is 12.8. The van der Waals surface area contributed by atoms with Gasteiger partial charge in [0.25, 0.3) is 0 Å². The molecular formula is C21H27N5O3S3. The van der Waals surface area contributed by atoms with Crippen LogP contribution in [-0.2, 0) is 14.8 Å². The topological polar surface area (TPSA) is 96.7 Å². The molecule has 1 amide bonds. The van der Waals surface area contributed by atoms with E-state index in [-0.39, 0.29) is 16.6 Å². The third-order valence-electron chi connectivity index (χ3n) is 4.73. The van der Waals surface area contributed by atoms with Crippen LogP contribution in [0.1, 0.15) is 19.4 Å². The minimum Gasteiger partial charge on any atom is -0.355 e. The number of benzene rings is 1. The van der Waals surface area contributed by atoms with Crippen molar-refractivity contribution >= 4 is 45.1 Å². The molecule has 0 bridgehead atoms. The summed E-state index contributed by atoms with van der Waals surface area (Å²) in [5.74, 6) is 0.839. The van der Waals surface area contributed by atoms with Crippen molar-refractivity contribution in [1.82, 2.24) is 24.2 Å². The molecule has 2 heterocycles. The fourth-order valence-corrected chi connectivity index (χ4v) is 5.96. The third kappa shape index (κ3) is 6.03. The second-order valence-electron chi connectivity index (χ2n) is 6.97. The molecular weight excluding hydrogens is 466 g/mol. The van der Waals surface area contributed by atoms with Crippen molar-refractivity contribution in [2.24, 2.45) is 0 Å². The summed E-state index contributed by atoms with van der Waals surface area (Å²) < 4.78 is 28.6. The number of amides is 1. The average Bonchev–Trinajstić information content (AvgIpc) is 3.19. The van der Waals surface area contributed by atoms with E-state index in [1.165, 1.54) is 38.8 Å². The number of aromatic nitrogens is 3. The predicted octanol–water partition coefficient (Wildman–Crippen LogP) is 3.07. The fraction of sp³-hybridized carbons (Fsp3) is 0.381. The summed E-state index contributed by atoms with van der Waals surface area (Å²) in [5.41, 5.74) is 1.75. The summed E-state index contributed by atoms with van der Waals surface area (Å²) in [6.07, 6.45) is 1.52. The highest BCUT2D eigenvalue weighted by atomic mass is 32.2. The first kappa shape index (κ1) is 24.6. The fourth-order valence-electron chi connectivity index (χ4n) is 2.99. The summed E-state index contributed by atoms with van der Waals surface area (Å²) in [5, 5.41) is 11.5. The third-order valence-corrected chi connectivity index (χ3v) is 8.72. The lowest BCUT2D eigenvalue weighted by Gasteiger charge is -2.18. The van der Waals surface area contributed by atoms with Crippen LogP contribution in [0.2, 0.25) is 0 Å². The average molecular weight is 494 g/mol. The molecule has 1 aromatic carbocycles. The molecule has 3 aromatic rings. The Morgan fingerprint density at radius 3 is 2.47 bits per heavy atom. The van der Waals surface area contributed by atoms with Gasteiger partial charge in [-0.1, -0.05) is 43.3 Å². The predicted molar refractivity (Wildman–Crippen MR) is 129 cm³/mol. The Balaban J connectivity index is 1.56. The summed E-state index contributed by atoms with van der Waals surface area (Å²) in [7, 11) is -3.59. The summed E-state index contributed by atoms with van der Waals surface area (Å²) in [6.45, 7) is 7.00. The normalized spacial score (nSPS) is 11.9. The monoisotopic (exact) mass is 493 g/mol. The molecule has 0 fully saturated rings. The number of nitrogens with one attached hydrogen (secondary N) is 1. The molecule has 1 N–H and O–H groups in total. The van der Waals surface area contributed by atoms with Crippen molar-refractivity contribution in [2.45, 2.75) is 35.7 Å². The van der Waals surface area contributed by atoms with Crippen molar-refractivity contribution in [1.29, 1.82) is 0 Å². The molecule has 0 aliphatic heterocycles. The van der Waals surface area contributed by atoms with E-state index in [0.717, 1.165) is 5.75 Å². The van der Waals surface area contributed by atoms with Gasteiger partial charge in [0.15, 0.2) is 10.8 Å². The summed E-state index contributed by atoms with van der Waals surface area (Å²) >= 11 is 2.91. The van der Waals surface area contributed by atoms with Gasteiger partial charge in [-0.15, -0.1) is 22.0 Å². The standard InChI is InChI=1S/C21H27N5O3S3/c1-4-25(5-2)32(28,29)18-10-11-19-23-24-21(26(19)14-18)31-15-20(27)22-12-13-30-17-8-6-16(3)7-9-17/h6-11,14H,4-5,12-13,15H2,1-3H3,(H,22,27). The molecule has 0 atom stereocenters. The number of carbonyl (C=O) groups is 1. The van der Waals surface area contributed by atoms with Gasteiger partial charge >= 0.3 is 0 Å². The summed E-state index contributed by atoms with van der Waals surface area (Å²) in [4.78, 5) is 13.6. The van der Waals surface area contributed by atoms with Crippen LogP contribution in [0.5, 0.6) is 0 Å². The molecule has 0 spiro atoms. The lowest BCUT2D eigenvalue weighted by Crippen LogP contribution is -2.30. The number of pyridine rings is 1. The highest BCUT2D eigenvalue weighted by molar-refractivity contribution is 7.99. The van der Waals surface area contributed by atoms with Crippen molar-refractivity contribution in [3.05, 3.63) is 48.2 Å². The van der Waals surface area contributed by atoms with Crippen LogP contribution >= 0.6 is 23.5 Å². The molecule has 0 saturated heterocycles. The zero-order valence-corrected chi connectivity index (χ0v) is 20.8. The lowest BCUT2D eigenvalue weighted by molar-refractivity contribution is -0.118. The van der Waals surface area contributed by atoms with E-state index in [4.69, 9.17) is 0 Å². The van der Waals surface area contributed by atoms with Gasteiger partial charge in [-0.05, 0) is 31.2 Å². The second-order valence-corrected chi connectivity index (χ2v) is 11.0. The lowest BCUT2D eigenvalue weighted by atomic mass is 10.2. The minimum absolute atomic E-state index is 0.108. The Bertz CT molecular complexity index is 1160. The molecule has 0 aliphatic rings. The molecule has 0 aliphatic carbocycles. The van der Waals surface area contributed by atoms with Gasteiger partial charge in [0, 0.05) is 36.5 Å². The molecule has 11 heteroatoms. The molecule has 2 aromatic heterocycles. The Hall–Kier alpha value is -2.08. The molecule has 3 rings (SSSR count). The quantitative estimate of drug-likeness (QED) is 0.324. The van der Waals surface area contributed by atoms with E-state index in [2.05, 4.69) is 46.7 Å². The number of sulfonamides is 1.